The lowest BCUT2D eigenvalue weighted by molar-refractivity contribution is 0.309. The van der Waals surface area contributed by atoms with Gasteiger partial charge < -0.3 is 32.8 Å². The minimum absolute atomic E-state index is 0.0431. The van der Waals surface area contributed by atoms with Gasteiger partial charge in [0.25, 0.3) is 0 Å². The maximum Gasteiger partial charge on any atom is 0.239 e. The number of hydrogen-bond acceptors (Lipinski definition) is 10. The molecule has 6 rings (SSSR count). The van der Waals surface area contributed by atoms with Gasteiger partial charge in [0.2, 0.25) is 16.9 Å². The van der Waals surface area contributed by atoms with Crippen LogP contribution in [0.15, 0.2) is 97.4 Å². The Balaban J connectivity index is 1.32. The smallest absolute Gasteiger partial charge is 0.239 e. The van der Waals surface area contributed by atoms with Crippen LogP contribution >= 0.6 is 27.7 Å². The second kappa shape index (κ2) is 15.1. The van der Waals surface area contributed by atoms with Gasteiger partial charge in [-0.15, -0.1) is 11.8 Å². The number of nitrogens with zero attached hydrogens (tertiary/aromatic N) is 1. The van der Waals surface area contributed by atoms with Crippen LogP contribution in [0.1, 0.15) is 6.42 Å². The van der Waals surface area contributed by atoms with Crippen LogP contribution < -0.4 is 33.8 Å². The van der Waals surface area contributed by atoms with E-state index >= 15 is 0 Å². The number of benzene rings is 4. The highest BCUT2D eigenvalue weighted by atomic mass is 79.9. The zero-order chi connectivity index (χ0) is 34.5. The van der Waals surface area contributed by atoms with Crippen LogP contribution in [0.4, 0.5) is 0 Å². The summed E-state index contributed by atoms with van der Waals surface area (Å²) >= 11 is 5.29. The maximum atomic E-state index is 14.2. The Hall–Kier alpha value is -4.87. The standard InChI is InChI=1S/C38H34BrNO8S/c1-42-25-19-29(43-2)34-30(20-25)48-36(23-17-31(44-3)37(46-5)32(18-23)45-4)38(35(34)41)47-14-9-15-49-33-21-28(22-10-8-11-24(39)16-22)40-27-13-7-6-12-26(27)33/h6-8,10-13,16-21H,9,14-15H2,1-5H3. The molecule has 0 fully saturated rings. The molecule has 0 bridgehead atoms. The van der Waals surface area contributed by atoms with Crippen LogP contribution in [0.2, 0.25) is 0 Å². The van der Waals surface area contributed by atoms with Crippen LogP contribution in [-0.2, 0) is 0 Å². The van der Waals surface area contributed by atoms with Crippen LogP contribution in [0.25, 0.3) is 44.5 Å². The van der Waals surface area contributed by atoms with Gasteiger partial charge >= 0.3 is 0 Å². The molecule has 0 atom stereocenters. The van der Waals surface area contributed by atoms with Crippen LogP contribution in [0.3, 0.4) is 0 Å². The summed E-state index contributed by atoms with van der Waals surface area (Å²) in [5.74, 6) is 2.97. The van der Waals surface area contributed by atoms with Gasteiger partial charge in [0, 0.05) is 43.8 Å². The monoisotopic (exact) mass is 743 g/mol. The fourth-order valence-corrected chi connectivity index (χ4v) is 6.93. The first kappa shape index (κ1) is 34.0. The molecular formula is C38H34BrNO8S. The number of halogens is 1. The zero-order valence-corrected chi connectivity index (χ0v) is 30.0. The lowest BCUT2D eigenvalue weighted by Gasteiger charge is -2.17. The molecule has 4 aromatic carbocycles. The van der Waals surface area contributed by atoms with E-state index in [0.29, 0.717) is 40.7 Å². The van der Waals surface area contributed by atoms with E-state index in [2.05, 4.69) is 40.2 Å². The molecule has 2 aromatic heterocycles. The van der Waals surface area contributed by atoms with Crippen molar-refractivity contribution in [2.24, 2.45) is 0 Å². The van der Waals surface area contributed by atoms with E-state index in [4.69, 9.17) is 37.8 Å². The second-order valence-electron chi connectivity index (χ2n) is 10.8. The number of aromatic nitrogens is 1. The van der Waals surface area contributed by atoms with Gasteiger partial charge in [-0.2, -0.15) is 0 Å². The normalized spacial score (nSPS) is 11.1. The summed E-state index contributed by atoms with van der Waals surface area (Å²) in [7, 11) is 7.60. The van der Waals surface area contributed by atoms with Crippen LogP contribution in [0.5, 0.6) is 34.5 Å². The number of ether oxygens (including phenoxy) is 6. The molecule has 0 radical (unpaired) electrons. The molecule has 252 valence electrons. The average Bonchev–Trinajstić information content (AvgIpc) is 3.13. The second-order valence-corrected chi connectivity index (χ2v) is 12.8. The summed E-state index contributed by atoms with van der Waals surface area (Å²) in [4.78, 5) is 20.2. The molecule has 6 aromatic rings. The molecule has 0 saturated heterocycles. The first-order chi connectivity index (χ1) is 23.9. The van der Waals surface area contributed by atoms with Gasteiger partial charge in [0.15, 0.2) is 17.3 Å². The SMILES string of the molecule is COc1cc(OC)c2c(=O)c(OCCCSc3cc(-c4cccc(Br)c4)nc4ccccc34)c(-c3cc(OC)c(OC)c(OC)c3)oc2c1. The van der Waals surface area contributed by atoms with E-state index in [0.717, 1.165) is 37.3 Å². The Kier molecular flexibility index (Phi) is 10.5. The molecule has 9 nitrogen and oxygen atoms in total. The van der Waals surface area contributed by atoms with Gasteiger partial charge in [-0.3, -0.25) is 4.79 Å². The van der Waals surface area contributed by atoms with Crippen molar-refractivity contribution in [3.63, 3.8) is 0 Å². The van der Waals surface area contributed by atoms with Crippen molar-refractivity contribution in [1.82, 2.24) is 4.98 Å². The average molecular weight is 745 g/mol. The number of methoxy groups -OCH3 is 5. The molecular weight excluding hydrogens is 710 g/mol. The van der Waals surface area contributed by atoms with E-state index in [1.807, 2.05) is 30.3 Å². The van der Waals surface area contributed by atoms with Gasteiger partial charge in [0.05, 0.1) is 53.4 Å². The number of para-hydroxylation sites is 1. The van der Waals surface area contributed by atoms with Gasteiger partial charge in [-0.05, 0) is 42.8 Å². The Labute approximate surface area is 296 Å². The number of rotatable bonds is 13. The molecule has 0 N–H and O–H groups in total. The highest BCUT2D eigenvalue weighted by molar-refractivity contribution is 9.10. The summed E-state index contributed by atoms with van der Waals surface area (Å²) in [5, 5.41) is 1.32. The van der Waals surface area contributed by atoms with Crippen molar-refractivity contribution in [2.75, 3.05) is 47.9 Å². The molecule has 11 heteroatoms. The van der Waals surface area contributed by atoms with Crippen LogP contribution in [-0.4, -0.2) is 52.9 Å². The van der Waals surface area contributed by atoms with Crippen molar-refractivity contribution in [3.05, 3.63) is 93.6 Å². The van der Waals surface area contributed by atoms with E-state index in [1.54, 1.807) is 36.0 Å². The Morgan fingerprint density at radius 3 is 2.20 bits per heavy atom. The third-order valence-electron chi connectivity index (χ3n) is 7.86. The van der Waals surface area contributed by atoms with Crippen molar-refractivity contribution < 1.29 is 32.8 Å². The summed E-state index contributed by atoms with van der Waals surface area (Å²) in [6, 6.07) is 25.1. The highest BCUT2D eigenvalue weighted by Crippen LogP contribution is 2.44. The first-order valence-corrected chi connectivity index (χ1v) is 17.1. The number of fused-ring (bicyclic) bond motifs is 2. The van der Waals surface area contributed by atoms with Crippen molar-refractivity contribution >= 4 is 49.6 Å². The Morgan fingerprint density at radius 1 is 0.755 bits per heavy atom. The number of hydrogen-bond donors (Lipinski definition) is 0. The van der Waals surface area contributed by atoms with Crippen molar-refractivity contribution in [1.29, 1.82) is 0 Å². The molecule has 0 aliphatic rings. The molecule has 0 spiro atoms. The largest absolute Gasteiger partial charge is 0.496 e. The summed E-state index contributed by atoms with van der Waals surface area (Å²) in [5.41, 5.74) is 3.25. The summed E-state index contributed by atoms with van der Waals surface area (Å²) in [6.07, 6.45) is 0.638. The van der Waals surface area contributed by atoms with E-state index < -0.39 is 0 Å². The summed E-state index contributed by atoms with van der Waals surface area (Å²) in [6.45, 7) is 0.251. The number of thioether (sulfide) groups is 1. The molecule has 49 heavy (non-hydrogen) atoms. The predicted octanol–water partition coefficient (Wildman–Crippen LogP) is 9.04. The molecule has 0 aliphatic carbocycles. The van der Waals surface area contributed by atoms with Gasteiger partial charge in [-0.25, -0.2) is 4.98 Å². The quantitative estimate of drug-likeness (QED) is 0.0842. The minimum Gasteiger partial charge on any atom is -0.496 e. The van der Waals surface area contributed by atoms with Crippen molar-refractivity contribution in [3.8, 4) is 57.1 Å². The van der Waals surface area contributed by atoms with E-state index in [1.165, 1.54) is 35.5 Å². The Morgan fingerprint density at radius 2 is 1.51 bits per heavy atom. The molecule has 0 saturated carbocycles. The highest BCUT2D eigenvalue weighted by Gasteiger charge is 2.24. The number of pyridine rings is 1. The molecule has 0 unspecified atom stereocenters. The zero-order valence-electron chi connectivity index (χ0n) is 27.6. The summed E-state index contributed by atoms with van der Waals surface area (Å²) < 4.78 is 41.4. The lowest BCUT2D eigenvalue weighted by Crippen LogP contribution is -2.12. The third kappa shape index (κ3) is 7.00. The van der Waals surface area contributed by atoms with Gasteiger partial charge in [-0.1, -0.05) is 46.3 Å². The predicted molar refractivity (Wildman–Crippen MR) is 196 cm³/mol. The van der Waals surface area contributed by atoms with Gasteiger partial charge in [0.1, 0.15) is 22.5 Å². The maximum absolute atomic E-state index is 14.2. The fourth-order valence-electron chi connectivity index (χ4n) is 5.53. The van der Waals surface area contributed by atoms with Crippen LogP contribution in [0, 0.1) is 0 Å². The molecule has 0 amide bonds. The van der Waals surface area contributed by atoms with E-state index in [-0.39, 0.29) is 34.5 Å². The first-order valence-electron chi connectivity index (χ1n) is 15.3. The van der Waals surface area contributed by atoms with E-state index in [9.17, 15) is 4.79 Å². The molecule has 0 aliphatic heterocycles. The topological polar surface area (TPSA) is 98.5 Å². The Bertz CT molecular complexity index is 2180. The minimum atomic E-state index is -0.379. The van der Waals surface area contributed by atoms with Crippen molar-refractivity contribution in [2.45, 2.75) is 11.3 Å². The molecule has 2 heterocycles. The lowest BCUT2D eigenvalue weighted by atomic mass is 10.1. The third-order valence-corrected chi connectivity index (χ3v) is 9.50. The fraction of sp³-hybridized carbons (Fsp3) is 0.211.